The zero-order valence-electron chi connectivity index (χ0n) is 20.8. The number of fused-ring (bicyclic) bond motifs is 1. The number of nitrogens with zero attached hydrogens (tertiary/aromatic N) is 1. The molecule has 38 heavy (non-hydrogen) atoms. The summed E-state index contributed by atoms with van der Waals surface area (Å²) in [5.74, 6) is -0.272. The molecule has 2 heterocycles. The molecule has 9 nitrogen and oxygen atoms in total. The Morgan fingerprint density at radius 2 is 1.82 bits per heavy atom. The number of carbonyl (C=O) groups is 2. The molecular formula is C28H24ClN3O6. The SMILES string of the molecule is CCC(Nc1c(Nc2ccc(Cl)c3c2C(=O)N(c2cc(C)ccc2C(=O)O)C3)c(=O)c1=O)c1ccc(C)o1. The van der Waals surface area contributed by atoms with Crippen LogP contribution >= 0.6 is 11.6 Å². The van der Waals surface area contributed by atoms with Gasteiger partial charge in [-0.3, -0.25) is 14.4 Å². The minimum absolute atomic E-state index is 0.0184. The lowest BCUT2D eigenvalue weighted by Gasteiger charge is -2.21. The van der Waals surface area contributed by atoms with Crippen LogP contribution in [-0.2, 0) is 6.54 Å². The molecule has 1 aliphatic heterocycles. The number of aromatic carboxylic acids is 1. The number of hydrogen-bond donors (Lipinski definition) is 3. The molecule has 0 saturated heterocycles. The highest BCUT2D eigenvalue weighted by Gasteiger charge is 2.36. The van der Waals surface area contributed by atoms with Gasteiger partial charge in [0.2, 0.25) is 0 Å². The Balaban J connectivity index is 1.50. The zero-order valence-corrected chi connectivity index (χ0v) is 21.6. The Labute approximate surface area is 222 Å². The first-order valence-electron chi connectivity index (χ1n) is 12.0. The molecule has 1 aromatic heterocycles. The van der Waals surface area contributed by atoms with Gasteiger partial charge in [0, 0.05) is 10.6 Å². The van der Waals surface area contributed by atoms with Crippen LogP contribution in [0.5, 0.6) is 0 Å². The molecule has 0 spiro atoms. The third-order valence-corrected chi connectivity index (χ3v) is 7.06. The molecular weight excluding hydrogens is 510 g/mol. The van der Waals surface area contributed by atoms with Crippen LogP contribution in [0.3, 0.4) is 0 Å². The van der Waals surface area contributed by atoms with Crippen molar-refractivity contribution in [1.29, 1.82) is 0 Å². The van der Waals surface area contributed by atoms with Gasteiger partial charge in [-0.05, 0) is 62.2 Å². The predicted molar refractivity (Wildman–Crippen MR) is 145 cm³/mol. The summed E-state index contributed by atoms with van der Waals surface area (Å²) in [7, 11) is 0. The van der Waals surface area contributed by atoms with E-state index < -0.39 is 22.7 Å². The van der Waals surface area contributed by atoms with Gasteiger partial charge in [-0.25, -0.2) is 4.79 Å². The van der Waals surface area contributed by atoms with Crippen molar-refractivity contribution in [2.75, 3.05) is 15.5 Å². The maximum Gasteiger partial charge on any atom is 0.337 e. The molecule has 0 bridgehead atoms. The van der Waals surface area contributed by atoms with Crippen molar-refractivity contribution in [1.82, 2.24) is 0 Å². The van der Waals surface area contributed by atoms with E-state index >= 15 is 0 Å². The van der Waals surface area contributed by atoms with Crippen molar-refractivity contribution in [3.8, 4) is 0 Å². The lowest BCUT2D eigenvalue weighted by molar-refractivity contribution is 0.0697. The molecule has 0 saturated carbocycles. The smallest absolute Gasteiger partial charge is 0.337 e. The first-order valence-corrected chi connectivity index (χ1v) is 12.4. The highest BCUT2D eigenvalue weighted by Crippen LogP contribution is 2.40. The predicted octanol–water partition coefficient (Wildman–Crippen LogP) is 5.31. The van der Waals surface area contributed by atoms with Gasteiger partial charge in [-0.1, -0.05) is 24.6 Å². The van der Waals surface area contributed by atoms with Crippen molar-refractivity contribution in [3.63, 3.8) is 0 Å². The molecule has 5 rings (SSSR count). The van der Waals surface area contributed by atoms with Crippen LogP contribution in [0.15, 0.2) is 56.5 Å². The van der Waals surface area contributed by atoms with Gasteiger partial charge in [0.1, 0.15) is 22.9 Å². The number of carboxylic acid groups (broad SMARTS) is 1. The summed E-state index contributed by atoms with van der Waals surface area (Å²) < 4.78 is 5.69. The van der Waals surface area contributed by atoms with Crippen molar-refractivity contribution in [2.24, 2.45) is 0 Å². The number of carboxylic acids is 1. The molecule has 3 N–H and O–H groups in total. The fraction of sp³-hybridized carbons (Fsp3) is 0.214. The number of halogens is 1. The van der Waals surface area contributed by atoms with E-state index in [4.69, 9.17) is 16.0 Å². The van der Waals surface area contributed by atoms with E-state index in [-0.39, 0.29) is 40.8 Å². The molecule has 0 radical (unpaired) electrons. The van der Waals surface area contributed by atoms with Gasteiger partial charge in [-0.15, -0.1) is 0 Å². The van der Waals surface area contributed by atoms with Crippen molar-refractivity contribution in [2.45, 2.75) is 39.8 Å². The summed E-state index contributed by atoms with van der Waals surface area (Å²) in [6.45, 7) is 5.60. The summed E-state index contributed by atoms with van der Waals surface area (Å²) in [4.78, 5) is 51.9. The van der Waals surface area contributed by atoms with Crippen LogP contribution in [0.2, 0.25) is 5.02 Å². The number of benzene rings is 2. The average Bonchev–Trinajstić information content (AvgIpc) is 3.48. The van der Waals surface area contributed by atoms with Gasteiger partial charge in [0.25, 0.3) is 16.8 Å². The number of carbonyl (C=O) groups excluding carboxylic acids is 1. The van der Waals surface area contributed by atoms with Crippen molar-refractivity contribution < 1.29 is 19.1 Å². The van der Waals surface area contributed by atoms with Gasteiger partial charge in [-0.2, -0.15) is 0 Å². The molecule has 1 unspecified atom stereocenters. The molecule has 1 aliphatic rings. The van der Waals surface area contributed by atoms with E-state index in [1.807, 2.05) is 26.0 Å². The molecule has 1 atom stereocenters. The topological polar surface area (TPSA) is 129 Å². The number of aryl methyl sites for hydroxylation is 2. The summed E-state index contributed by atoms with van der Waals surface area (Å²) in [6, 6.07) is 11.2. The molecule has 0 aliphatic carbocycles. The van der Waals surface area contributed by atoms with E-state index in [2.05, 4.69) is 10.6 Å². The molecule has 194 valence electrons. The van der Waals surface area contributed by atoms with Gasteiger partial charge < -0.3 is 25.1 Å². The lowest BCUT2D eigenvalue weighted by atomic mass is 10.1. The summed E-state index contributed by atoms with van der Waals surface area (Å²) >= 11 is 6.44. The fourth-order valence-electron chi connectivity index (χ4n) is 4.70. The number of amides is 1. The van der Waals surface area contributed by atoms with E-state index in [0.29, 0.717) is 28.5 Å². The Morgan fingerprint density at radius 1 is 1.08 bits per heavy atom. The van der Waals surface area contributed by atoms with Crippen LogP contribution in [0.4, 0.5) is 22.7 Å². The summed E-state index contributed by atoms with van der Waals surface area (Å²) in [6.07, 6.45) is 0.595. The first kappa shape index (κ1) is 25.3. The maximum atomic E-state index is 13.6. The van der Waals surface area contributed by atoms with E-state index in [0.717, 1.165) is 11.3 Å². The molecule has 4 aromatic rings. The van der Waals surface area contributed by atoms with E-state index in [9.17, 15) is 24.3 Å². The Kier molecular flexibility index (Phi) is 6.32. The van der Waals surface area contributed by atoms with Crippen molar-refractivity contribution >= 4 is 46.2 Å². The summed E-state index contributed by atoms with van der Waals surface area (Å²) in [5.41, 5.74) is 0.769. The van der Waals surface area contributed by atoms with Gasteiger partial charge >= 0.3 is 5.97 Å². The number of rotatable bonds is 8. The standard InChI is InChI=1S/C28H24ClN3O6/c1-4-18(21-10-6-14(3)38-21)30-23-24(26(34)25(23)33)31-19-9-8-17(29)16-12-32(27(35)22(16)19)20-11-13(2)5-7-15(20)28(36)37/h5-11,18,30-31H,4,12H2,1-3H3,(H,36,37). The third-order valence-electron chi connectivity index (χ3n) is 6.71. The lowest BCUT2D eigenvalue weighted by Crippen LogP contribution is -2.37. The van der Waals surface area contributed by atoms with E-state index in [1.54, 1.807) is 31.2 Å². The van der Waals surface area contributed by atoms with Crippen LogP contribution in [-0.4, -0.2) is 17.0 Å². The maximum absolute atomic E-state index is 13.6. The quantitative estimate of drug-likeness (QED) is 0.260. The Bertz CT molecular complexity index is 1680. The largest absolute Gasteiger partial charge is 0.478 e. The molecule has 3 aromatic carbocycles. The number of hydrogen-bond acceptors (Lipinski definition) is 7. The van der Waals surface area contributed by atoms with Crippen LogP contribution in [0, 0.1) is 13.8 Å². The minimum Gasteiger partial charge on any atom is -0.478 e. The van der Waals surface area contributed by atoms with Gasteiger partial charge in [0.05, 0.1) is 35.1 Å². The van der Waals surface area contributed by atoms with Crippen LogP contribution in [0.25, 0.3) is 0 Å². The summed E-state index contributed by atoms with van der Waals surface area (Å²) in [5, 5.41) is 16.1. The van der Waals surface area contributed by atoms with Gasteiger partial charge in [0.15, 0.2) is 0 Å². The fourth-order valence-corrected chi connectivity index (χ4v) is 4.92. The zero-order chi connectivity index (χ0) is 27.3. The number of furan rings is 1. The second kappa shape index (κ2) is 9.50. The molecule has 10 heteroatoms. The second-order valence-corrected chi connectivity index (χ2v) is 9.66. The Morgan fingerprint density at radius 3 is 2.47 bits per heavy atom. The van der Waals surface area contributed by atoms with Crippen LogP contribution < -0.4 is 26.4 Å². The highest BCUT2D eigenvalue weighted by atomic mass is 35.5. The minimum atomic E-state index is -1.16. The van der Waals surface area contributed by atoms with Crippen molar-refractivity contribution in [3.05, 3.63) is 102 Å². The Hall–Kier alpha value is -4.37. The van der Waals surface area contributed by atoms with Crippen LogP contribution in [0.1, 0.15) is 62.7 Å². The number of anilines is 4. The first-order chi connectivity index (χ1) is 18.1. The normalized spacial score (nSPS) is 13.6. The molecule has 1 amide bonds. The molecule has 0 fully saturated rings. The highest BCUT2D eigenvalue weighted by molar-refractivity contribution is 6.33. The average molecular weight is 534 g/mol. The third kappa shape index (κ3) is 4.14. The second-order valence-electron chi connectivity index (χ2n) is 9.25. The monoisotopic (exact) mass is 533 g/mol. The number of nitrogens with one attached hydrogen (secondary N) is 2. The van der Waals surface area contributed by atoms with E-state index in [1.165, 1.54) is 11.0 Å².